The van der Waals surface area contributed by atoms with Crippen molar-refractivity contribution in [3.63, 3.8) is 0 Å². The van der Waals surface area contributed by atoms with Gasteiger partial charge in [0.05, 0.1) is 5.69 Å². The van der Waals surface area contributed by atoms with Gasteiger partial charge >= 0.3 is 0 Å². The van der Waals surface area contributed by atoms with E-state index in [9.17, 15) is 4.79 Å². The molecule has 1 aliphatic heterocycles. The van der Waals surface area contributed by atoms with Gasteiger partial charge in [0.2, 0.25) is 5.91 Å². The van der Waals surface area contributed by atoms with E-state index in [0.717, 1.165) is 35.2 Å². The summed E-state index contributed by atoms with van der Waals surface area (Å²) in [7, 11) is 0. The summed E-state index contributed by atoms with van der Waals surface area (Å²) in [6.07, 6.45) is 2.55. The van der Waals surface area contributed by atoms with Crippen LogP contribution >= 0.6 is 23.5 Å². The fourth-order valence-electron chi connectivity index (χ4n) is 3.21. The lowest BCUT2D eigenvalue weighted by Crippen LogP contribution is -2.38. The fraction of sp³-hybridized carbons (Fsp3) is 0.381. The number of nitrogens with zero attached hydrogens (tertiary/aromatic N) is 1. The van der Waals surface area contributed by atoms with E-state index in [4.69, 9.17) is 0 Å². The molecule has 1 unspecified atom stereocenters. The largest absolute Gasteiger partial charge is 0.325 e. The summed E-state index contributed by atoms with van der Waals surface area (Å²) < 4.78 is 0. The average molecular weight is 387 g/mol. The molecule has 1 heterocycles. The molecule has 1 atom stereocenters. The van der Waals surface area contributed by atoms with Gasteiger partial charge in [-0.1, -0.05) is 42.0 Å². The second-order valence-electron chi connectivity index (χ2n) is 6.54. The van der Waals surface area contributed by atoms with Gasteiger partial charge in [-0.15, -0.1) is 11.8 Å². The van der Waals surface area contributed by atoms with Gasteiger partial charge in [-0.2, -0.15) is 11.8 Å². The minimum Gasteiger partial charge on any atom is -0.325 e. The van der Waals surface area contributed by atoms with Crippen molar-refractivity contribution in [2.24, 2.45) is 0 Å². The Bertz CT molecular complexity index is 733. The van der Waals surface area contributed by atoms with Gasteiger partial charge in [-0.3, -0.25) is 9.69 Å². The van der Waals surface area contributed by atoms with E-state index in [1.54, 1.807) is 11.8 Å². The molecule has 0 spiro atoms. The maximum absolute atomic E-state index is 12.5. The van der Waals surface area contributed by atoms with E-state index < -0.39 is 0 Å². The maximum Gasteiger partial charge on any atom is 0.225 e. The first-order valence-corrected chi connectivity index (χ1v) is 11.4. The third-order valence-electron chi connectivity index (χ3n) is 4.71. The third-order valence-corrected chi connectivity index (χ3v) is 6.53. The highest BCUT2D eigenvalue weighted by molar-refractivity contribution is 7.99. The molecule has 0 aliphatic carbocycles. The Hall–Kier alpha value is -1.43. The number of thioether (sulfide) groups is 2. The van der Waals surface area contributed by atoms with Crippen molar-refractivity contribution in [1.29, 1.82) is 0 Å². The van der Waals surface area contributed by atoms with Crippen LogP contribution < -0.4 is 5.32 Å². The monoisotopic (exact) mass is 386 g/mol. The van der Waals surface area contributed by atoms with Crippen LogP contribution in [0.4, 0.5) is 5.69 Å². The SMILES string of the molecule is CSc1ccccc1NC(=O)CCN1CCSCC1c1ccc(C)cc1. The van der Waals surface area contributed by atoms with Crippen molar-refractivity contribution in [2.75, 3.05) is 36.2 Å². The molecule has 1 aliphatic rings. The van der Waals surface area contributed by atoms with Crippen LogP contribution in [0, 0.1) is 6.92 Å². The number of carbonyl (C=O) groups excluding carboxylic acids is 1. The Morgan fingerprint density at radius 1 is 1.23 bits per heavy atom. The number of hydrogen-bond acceptors (Lipinski definition) is 4. The maximum atomic E-state index is 12.5. The smallest absolute Gasteiger partial charge is 0.225 e. The van der Waals surface area contributed by atoms with Gasteiger partial charge in [0.15, 0.2) is 0 Å². The highest BCUT2D eigenvalue weighted by Gasteiger charge is 2.24. The van der Waals surface area contributed by atoms with Crippen LogP contribution in [0.5, 0.6) is 0 Å². The highest BCUT2D eigenvalue weighted by atomic mass is 32.2. The fourth-order valence-corrected chi connectivity index (χ4v) is 4.92. The standard InChI is InChI=1S/C21H26N2OS2/c1-16-7-9-17(10-8-16)19-15-26-14-13-23(19)12-11-21(24)22-18-5-3-4-6-20(18)25-2/h3-10,19H,11-15H2,1-2H3,(H,22,24). The van der Waals surface area contributed by atoms with Crippen LogP contribution in [0.2, 0.25) is 0 Å². The van der Waals surface area contributed by atoms with Crippen molar-refractivity contribution in [3.8, 4) is 0 Å². The molecule has 3 rings (SSSR count). The van der Waals surface area contributed by atoms with Gasteiger partial charge in [0, 0.05) is 42.0 Å². The summed E-state index contributed by atoms with van der Waals surface area (Å²) in [5.74, 6) is 2.33. The molecule has 1 N–H and O–H groups in total. The number of rotatable bonds is 6. The van der Waals surface area contributed by atoms with Crippen LogP contribution in [0.3, 0.4) is 0 Å². The molecule has 3 nitrogen and oxygen atoms in total. The van der Waals surface area contributed by atoms with Gasteiger partial charge in [0.25, 0.3) is 0 Å². The number of benzene rings is 2. The van der Waals surface area contributed by atoms with E-state index in [1.165, 1.54) is 11.1 Å². The third kappa shape index (κ3) is 5.06. The summed E-state index contributed by atoms with van der Waals surface area (Å²) >= 11 is 3.66. The van der Waals surface area contributed by atoms with Crippen molar-refractivity contribution in [3.05, 3.63) is 59.7 Å². The summed E-state index contributed by atoms with van der Waals surface area (Å²) in [5, 5.41) is 3.07. The lowest BCUT2D eigenvalue weighted by Gasteiger charge is -2.35. The molecule has 26 heavy (non-hydrogen) atoms. The van der Waals surface area contributed by atoms with Gasteiger partial charge in [-0.25, -0.2) is 0 Å². The zero-order valence-corrected chi connectivity index (χ0v) is 17.0. The molecule has 1 amide bonds. The van der Waals surface area contributed by atoms with E-state index in [1.807, 2.05) is 42.3 Å². The molecule has 2 aromatic carbocycles. The minimum atomic E-state index is 0.0902. The lowest BCUT2D eigenvalue weighted by atomic mass is 10.0. The summed E-state index contributed by atoms with van der Waals surface area (Å²) in [4.78, 5) is 16.0. The van der Waals surface area contributed by atoms with Crippen molar-refractivity contribution < 1.29 is 4.79 Å². The zero-order valence-electron chi connectivity index (χ0n) is 15.4. The quantitative estimate of drug-likeness (QED) is 0.720. The number of aryl methyl sites for hydroxylation is 1. The summed E-state index contributed by atoms with van der Waals surface area (Å²) in [5.41, 5.74) is 3.56. The Kier molecular flexibility index (Phi) is 7.06. The van der Waals surface area contributed by atoms with E-state index in [2.05, 4.69) is 41.4 Å². The summed E-state index contributed by atoms with van der Waals surface area (Å²) in [6.45, 7) is 3.96. The van der Waals surface area contributed by atoms with Crippen LogP contribution in [0.1, 0.15) is 23.6 Å². The molecule has 1 fully saturated rings. The van der Waals surface area contributed by atoms with Gasteiger partial charge in [-0.05, 0) is 30.9 Å². The van der Waals surface area contributed by atoms with Crippen molar-refractivity contribution in [1.82, 2.24) is 4.90 Å². The van der Waals surface area contributed by atoms with Crippen molar-refractivity contribution >= 4 is 35.1 Å². The Balaban J connectivity index is 1.59. The number of hydrogen-bond donors (Lipinski definition) is 1. The predicted molar refractivity (Wildman–Crippen MR) is 114 cm³/mol. The van der Waals surface area contributed by atoms with Crippen LogP contribution in [-0.4, -0.2) is 41.7 Å². The number of carbonyl (C=O) groups is 1. The molecule has 2 aromatic rings. The van der Waals surface area contributed by atoms with Gasteiger partial charge in [0.1, 0.15) is 0 Å². The number of para-hydroxylation sites is 1. The number of nitrogens with one attached hydrogen (secondary N) is 1. The molecule has 138 valence electrons. The van der Waals surface area contributed by atoms with Crippen molar-refractivity contribution in [2.45, 2.75) is 24.3 Å². The molecule has 1 saturated heterocycles. The molecular formula is C21H26N2OS2. The van der Waals surface area contributed by atoms with E-state index >= 15 is 0 Å². The topological polar surface area (TPSA) is 32.3 Å². The van der Waals surface area contributed by atoms with Crippen LogP contribution in [0.15, 0.2) is 53.4 Å². The number of amides is 1. The normalized spacial score (nSPS) is 17.8. The summed E-state index contributed by atoms with van der Waals surface area (Å²) in [6, 6.07) is 17.2. The van der Waals surface area contributed by atoms with E-state index in [0.29, 0.717) is 12.5 Å². The molecule has 0 saturated carbocycles. The Morgan fingerprint density at radius 3 is 2.77 bits per heavy atom. The number of anilines is 1. The average Bonchev–Trinajstić information content (AvgIpc) is 2.68. The molecule has 5 heteroatoms. The highest BCUT2D eigenvalue weighted by Crippen LogP contribution is 2.30. The minimum absolute atomic E-state index is 0.0902. The molecule has 0 bridgehead atoms. The van der Waals surface area contributed by atoms with Crippen LogP contribution in [-0.2, 0) is 4.79 Å². The first kappa shape index (κ1) is 19.3. The second-order valence-corrected chi connectivity index (χ2v) is 8.53. The van der Waals surface area contributed by atoms with Gasteiger partial charge < -0.3 is 5.32 Å². The zero-order chi connectivity index (χ0) is 18.4. The first-order valence-electron chi connectivity index (χ1n) is 8.98. The van der Waals surface area contributed by atoms with E-state index in [-0.39, 0.29) is 5.91 Å². The lowest BCUT2D eigenvalue weighted by molar-refractivity contribution is -0.116. The molecular weight excluding hydrogens is 360 g/mol. The molecule has 0 radical (unpaired) electrons. The molecule has 0 aromatic heterocycles. The Morgan fingerprint density at radius 2 is 2.00 bits per heavy atom. The van der Waals surface area contributed by atoms with Crippen LogP contribution in [0.25, 0.3) is 0 Å². The predicted octanol–water partition coefficient (Wildman–Crippen LogP) is 4.84. The second kappa shape index (κ2) is 9.49. The first-order chi connectivity index (χ1) is 12.7. The Labute approximate surface area is 164 Å².